The molecule has 0 saturated heterocycles. The number of amides is 1. The molecule has 0 fully saturated rings. The van der Waals surface area contributed by atoms with E-state index in [4.69, 9.17) is 4.74 Å². The Morgan fingerprint density at radius 3 is 2.50 bits per heavy atom. The lowest BCUT2D eigenvalue weighted by Crippen LogP contribution is -2.35. The van der Waals surface area contributed by atoms with Gasteiger partial charge in [-0.15, -0.1) is 24.8 Å². The summed E-state index contributed by atoms with van der Waals surface area (Å²) in [6.45, 7) is 4.96. The van der Waals surface area contributed by atoms with Crippen molar-refractivity contribution in [3.05, 3.63) is 114 Å². The predicted octanol–water partition coefficient (Wildman–Crippen LogP) is 7.13. The van der Waals surface area contributed by atoms with E-state index < -0.39 is 0 Å². The number of hydrogen-bond acceptors (Lipinski definition) is 4. The Hall–Kier alpha value is -4.00. The normalized spacial score (nSPS) is 12.6. The summed E-state index contributed by atoms with van der Waals surface area (Å²) in [7, 11) is 0. The summed E-state index contributed by atoms with van der Waals surface area (Å²) in [6.07, 6.45) is 3.56. The molecular formula is C32H32Cl2N4O2. The van der Waals surface area contributed by atoms with Crippen LogP contribution < -0.4 is 9.64 Å². The van der Waals surface area contributed by atoms with Gasteiger partial charge in [-0.05, 0) is 52.6 Å². The van der Waals surface area contributed by atoms with Crippen LogP contribution in [0, 0.1) is 0 Å². The first-order chi connectivity index (χ1) is 18.7. The van der Waals surface area contributed by atoms with Crippen molar-refractivity contribution in [2.45, 2.75) is 20.0 Å². The highest BCUT2D eigenvalue weighted by atomic mass is 35.5. The Labute approximate surface area is 246 Å². The average Bonchev–Trinajstić information content (AvgIpc) is 3.41. The summed E-state index contributed by atoms with van der Waals surface area (Å²) in [5.41, 5.74) is 6.22. The highest BCUT2D eigenvalue weighted by Gasteiger charge is 2.27. The summed E-state index contributed by atoms with van der Waals surface area (Å²) in [5.74, 6) is 0.623. The zero-order valence-electron chi connectivity index (χ0n) is 22.2. The van der Waals surface area contributed by atoms with Crippen molar-refractivity contribution in [3.8, 4) is 16.9 Å². The van der Waals surface area contributed by atoms with Crippen LogP contribution in [-0.2, 0) is 13.1 Å². The summed E-state index contributed by atoms with van der Waals surface area (Å²) in [5, 5.41) is 1.95. The van der Waals surface area contributed by atoms with Crippen molar-refractivity contribution < 1.29 is 9.53 Å². The number of imidazole rings is 1. The zero-order chi connectivity index (χ0) is 25.9. The summed E-state index contributed by atoms with van der Waals surface area (Å²) >= 11 is 0. The van der Waals surface area contributed by atoms with E-state index in [0.717, 1.165) is 38.8 Å². The van der Waals surface area contributed by atoms with E-state index in [1.807, 2.05) is 60.5 Å². The molecule has 206 valence electrons. The van der Waals surface area contributed by atoms with E-state index in [9.17, 15) is 4.79 Å². The number of nitrogens with zero attached hydrogens (tertiary/aromatic N) is 3. The van der Waals surface area contributed by atoms with Crippen LogP contribution in [0.4, 0.5) is 5.69 Å². The highest BCUT2D eigenvalue weighted by molar-refractivity contribution is 6.09. The molecule has 0 atom stereocenters. The molecule has 1 N–H and O–H groups in total. The number of hydrogen-bond donors (Lipinski definition) is 1. The van der Waals surface area contributed by atoms with E-state index in [0.29, 0.717) is 44.1 Å². The number of aromatic nitrogens is 2. The SMILES string of the molecule is CCOc1ccc2ccccc2c1C(=O)N1CCN(Cc2cnc[nH]2)c2ccc(-c3ccccc3)cc2C1.Cl.Cl. The molecule has 0 radical (unpaired) electrons. The molecule has 1 aromatic heterocycles. The summed E-state index contributed by atoms with van der Waals surface area (Å²) in [6, 6.07) is 28.9. The molecule has 8 heteroatoms. The molecule has 0 bridgehead atoms. The largest absolute Gasteiger partial charge is 0.493 e. The van der Waals surface area contributed by atoms with E-state index in [1.54, 1.807) is 6.33 Å². The second-order valence-corrected chi connectivity index (χ2v) is 9.53. The fraction of sp³-hybridized carbons (Fsp3) is 0.188. The fourth-order valence-electron chi connectivity index (χ4n) is 5.30. The molecule has 6 nitrogen and oxygen atoms in total. The lowest BCUT2D eigenvalue weighted by molar-refractivity contribution is 0.0749. The third kappa shape index (κ3) is 5.79. The summed E-state index contributed by atoms with van der Waals surface area (Å²) in [4.78, 5) is 26.0. The number of benzene rings is 4. The van der Waals surface area contributed by atoms with Gasteiger partial charge >= 0.3 is 0 Å². The van der Waals surface area contributed by atoms with E-state index in [2.05, 4.69) is 57.3 Å². The minimum absolute atomic E-state index is 0. The fourth-order valence-corrected chi connectivity index (χ4v) is 5.30. The van der Waals surface area contributed by atoms with Gasteiger partial charge in [-0.25, -0.2) is 4.98 Å². The Morgan fingerprint density at radius 2 is 1.73 bits per heavy atom. The first-order valence-electron chi connectivity index (χ1n) is 13.1. The van der Waals surface area contributed by atoms with Crippen LogP contribution in [0.2, 0.25) is 0 Å². The standard InChI is InChI=1S/C32H30N4O2.2ClH/c1-2-38-30-15-13-24-10-6-7-11-28(24)31(30)32(37)36-17-16-35(21-27-19-33-22-34-27)29-14-12-25(18-26(29)20-36)23-8-4-3-5-9-23;;/h3-15,18-19,22H,2,16-17,20-21H2,1H3,(H,33,34);2*1H. The maximum atomic E-state index is 14.3. The van der Waals surface area contributed by atoms with Crippen molar-refractivity contribution in [1.29, 1.82) is 0 Å². The van der Waals surface area contributed by atoms with Gasteiger partial charge in [0.15, 0.2) is 0 Å². The van der Waals surface area contributed by atoms with Crippen molar-refractivity contribution in [2.24, 2.45) is 0 Å². The first-order valence-corrected chi connectivity index (χ1v) is 13.1. The van der Waals surface area contributed by atoms with Crippen molar-refractivity contribution in [2.75, 3.05) is 24.6 Å². The summed E-state index contributed by atoms with van der Waals surface area (Å²) < 4.78 is 5.96. The first kappa shape index (κ1) is 29.0. The molecule has 5 aromatic rings. The van der Waals surface area contributed by atoms with E-state index >= 15 is 0 Å². The van der Waals surface area contributed by atoms with Crippen molar-refractivity contribution >= 4 is 47.2 Å². The topological polar surface area (TPSA) is 61.5 Å². The van der Waals surface area contributed by atoms with Crippen LogP contribution in [0.3, 0.4) is 0 Å². The minimum Gasteiger partial charge on any atom is -0.493 e. The van der Waals surface area contributed by atoms with Gasteiger partial charge in [0.1, 0.15) is 5.75 Å². The van der Waals surface area contributed by atoms with Gasteiger partial charge in [0.05, 0.1) is 30.7 Å². The third-order valence-electron chi connectivity index (χ3n) is 7.14. The number of aromatic amines is 1. The molecular weight excluding hydrogens is 543 g/mol. The number of fused-ring (bicyclic) bond motifs is 2. The van der Waals surface area contributed by atoms with Crippen molar-refractivity contribution in [3.63, 3.8) is 0 Å². The van der Waals surface area contributed by atoms with Gasteiger partial charge in [0.2, 0.25) is 0 Å². The van der Waals surface area contributed by atoms with Crippen LogP contribution in [0.25, 0.3) is 21.9 Å². The predicted molar refractivity (Wildman–Crippen MR) is 166 cm³/mol. The Bertz CT molecular complexity index is 1580. The number of anilines is 1. The zero-order valence-corrected chi connectivity index (χ0v) is 23.9. The number of rotatable bonds is 6. The van der Waals surface area contributed by atoms with Crippen LogP contribution in [-0.4, -0.2) is 40.5 Å². The Balaban J connectivity index is 0.00000185. The monoisotopic (exact) mass is 574 g/mol. The molecule has 0 unspecified atom stereocenters. The molecule has 1 amide bonds. The number of H-pyrrole nitrogens is 1. The molecule has 0 spiro atoms. The van der Waals surface area contributed by atoms with Crippen molar-refractivity contribution in [1.82, 2.24) is 14.9 Å². The molecule has 0 saturated carbocycles. The Morgan fingerprint density at radius 1 is 0.925 bits per heavy atom. The lowest BCUT2D eigenvalue weighted by atomic mass is 10.00. The number of carbonyl (C=O) groups is 1. The second kappa shape index (κ2) is 12.9. The lowest BCUT2D eigenvalue weighted by Gasteiger charge is -2.25. The van der Waals surface area contributed by atoms with Gasteiger partial charge in [-0.2, -0.15) is 0 Å². The van der Waals surface area contributed by atoms with E-state index in [1.165, 1.54) is 0 Å². The second-order valence-electron chi connectivity index (χ2n) is 9.53. The number of ether oxygens (including phenoxy) is 1. The quantitative estimate of drug-likeness (QED) is 0.234. The van der Waals surface area contributed by atoms with Crippen LogP contribution in [0.15, 0.2) is 97.5 Å². The third-order valence-corrected chi connectivity index (χ3v) is 7.14. The van der Waals surface area contributed by atoms with Gasteiger partial charge in [0, 0.05) is 31.5 Å². The molecule has 6 rings (SSSR count). The van der Waals surface area contributed by atoms with Crippen LogP contribution in [0.5, 0.6) is 5.75 Å². The minimum atomic E-state index is -0.00953. The van der Waals surface area contributed by atoms with Gasteiger partial charge in [-0.1, -0.05) is 66.7 Å². The molecule has 0 aliphatic carbocycles. The molecule has 4 aromatic carbocycles. The van der Waals surface area contributed by atoms with Gasteiger partial charge in [-0.3, -0.25) is 4.79 Å². The Kier molecular flexibility index (Phi) is 9.35. The van der Waals surface area contributed by atoms with Crippen LogP contribution >= 0.6 is 24.8 Å². The number of carbonyl (C=O) groups excluding carboxylic acids is 1. The molecule has 1 aliphatic rings. The molecule has 1 aliphatic heterocycles. The smallest absolute Gasteiger partial charge is 0.258 e. The molecule has 40 heavy (non-hydrogen) atoms. The van der Waals surface area contributed by atoms with Gasteiger partial charge < -0.3 is 19.5 Å². The average molecular weight is 576 g/mol. The van der Waals surface area contributed by atoms with Crippen LogP contribution in [0.1, 0.15) is 28.5 Å². The maximum Gasteiger partial charge on any atom is 0.258 e. The number of nitrogens with one attached hydrogen (secondary N) is 1. The van der Waals surface area contributed by atoms with Gasteiger partial charge in [0.25, 0.3) is 5.91 Å². The number of halogens is 2. The van der Waals surface area contributed by atoms with E-state index in [-0.39, 0.29) is 30.7 Å². The highest BCUT2D eigenvalue weighted by Crippen LogP contribution is 2.34. The molecule has 2 heterocycles. The maximum absolute atomic E-state index is 14.3.